The first-order valence-electron chi connectivity index (χ1n) is 8.05. The van der Waals surface area contributed by atoms with E-state index >= 15 is 0 Å². The summed E-state index contributed by atoms with van der Waals surface area (Å²) in [5.74, 6) is 2.63. The maximum absolute atomic E-state index is 5.70. The number of hydrogen-bond donors (Lipinski definition) is 1. The zero-order valence-electron chi connectivity index (χ0n) is 13.1. The number of nitrogens with one attached hydrogen (secondary N) is 1. The summed E-state index contributed by atoms with van der Waals surface area (Å²) >= 11 is 0. The second-order valence-corrected chi connectivity index (χ2v) is 6.23. The highest BCUT2D eigenvalue weighted by atomic mass is 16.6. The Kier molecular flexibility index (Phi) is 4.66. The van der Waals surface area contributed by atoms with Crippen LogP contribution in [0, 0.1) is 5.92 Å². The topological polar surface area (TPSA) is 33.7 Å². The molecule has 0 saturated carbocycles. The molecule has 0 amide bonds. The molecule has 2 aliphatic heterocycles. The third kappa shape index (κ3) is 3.50. The van der Waals surface area contributed by atoms with E-state index in [1.807, 2.05) is 13.1 Å². The van der Waals surface area contributed by atoms with E-state index in [2.05, 4.69) is 29.3 Å². The van der Waals surface area contributed by atoms with E-state index in [9.17, 15) is 0 Å². The largest absolute Gasteiger partial charge is 0.486 e. The molecule has 2 heterocycles. The Labute approximate surface area is 127 Å². The van der Waals surface area contributed by atoms with Gasteiger partial charge in [-0.25, -0.2) is 0 Å². The number of ether oxygens (including phenoxy) is 2. The number of benzene rings is 1. The van der Waals surface area contributed by atoms with Crippen molar-refractivity contribution in [2.75, 3.05) is 39.9 Å². The predicted molar refractivity (Wildman–Crippen MR) is 84.1 cm³/mol. The molecule has 1 saturated heterocycles. The maximum Gasteiger partial charge on any atom is 0.161 e. The van der Waals surface area contributed by atoms with Crippen LogP contribution in [-0.2, 0) is 0 Å². The van der Waals surface area contributed by atoms with Gasteiger partial charge in [0.25, 0.3) is 0 Å². The Balaban J connectivity index is 1.68. The van der Waals surface area contributed by atoms with Gasteiger partial charge in [-0.1, -0.05) is 13.0 Å². The van der Waals surface area contributed by atoms with Gasteiger partial charge in [-0.3, -0.25) is 0 Å². The lowest BCUT2D eigenvalue weighted by Gasteiger charge is -2.33. The molecule has 0 bridgehead atoms. The van der Waals surface area contributed by atoms with Crippen LogP contribution in [0.5, 0.6) is 11.5 Å². The lowest BCUT2D eigenvalue weighted by atomic mass is 9.98. The molecule has 0 spiro atoms. The fourth-order valence-corrected chi connectivity index (χ4v) is 3.14. The lowest BCUT2D eigenvalue weighted by molar-refractivity contribution is 0.169. The van der Waals surface area contributed by atoms with Crippen LogP contribution in [0.25, 0.3) is 0 Å². The molecule has 4 nitrogen and oxygen atoms in total. The Morgan fingerprint density at radius 1 is 1.19 bits per heavy atom. The number of likely N-dealkylation sites (N-methyl/N-ethyl adjacent to an activating group) is 1. The maximum atomic E-state index is 5.70. The van der Waals surface area contributed by atoms with Gasteiger partial charge in [-0.15, -0.1) is 0 Å². The Morgan fingerprint density at radius 3 is 2.62 bits per heavy atom. The van der Waals surface area contributed by atoms with E-state index in [4.69, 9.17) is 9.47 Å². The van der Waals surface area contributed by atoms with E-state index in [0.29, 0.717) is 19.3 Å². The van der Waals surface area contributed by atoms with Crippen LogP contribution in [-0.4, -0.2) is 44.8 Å². The first-order chi connectivity index (χ1) is 10.3. The molecule has 1 atom stereocenters. The highest BCUT2D eigenvalue weighted by molar-refractivity contribution is 5.44. The fourth-order valence-electron chi connectivity index (χ4n) is 3.14. The monoisotopic (exact) mass is 290 g/mol. The molecule has 1 N–H and O–H groups in total. The van der Waals surface area contributed by atoms with Gasteiger partial charge in [-0.2, -0.15) is 0 Å². The third-order valence-electron chi connectivity index (χ3n) is 4.63. The molecular weight excluding hydrogens is 264 g/mol. The number of likely N-dealkylation sites (tertiary alicyclic amines) is 1. The van der Waals surface area contributed by atoms with Crippen molar-refractivity contribution in [1.29, 1.82) is 0 Å². The average Bonchev–Trinajstić information content (AvgIpc) is 2.54. The van der Waals surface area contributed by atoms with Crippen molar-refractivity contribution in [2.24, 2.45) is 5.92 Å². The van der Waals surface area contributed by atoms with E-state index in [0.717, 1.165) is 24.0 Å². The molecule has 116 valence electrons. The Hall–Kier alpha value is -1.26. The summed E-state index contributed by atoms with van der Waals surface area (Å²) in [6, 6.07) is 6.66. The van der Waals surface area contributed by atoms with Crippen LogP contribution in [0.2, 0.25) is 0 Å². The molecule has 0 radical (unpaired) electrons. The summed E-state index contributed by atoms with van der Waals surface area (Å²) in [6.45, 7) is 7.13. The molecule has 1 aromatic carbocycles. The fraction of sp³-hybridized carbons (Fsp3) is 0.647. The van der Waals surface area contributed by atoms with Gasteiger partial charge >= 0.3 is 0 Å². The van der Waals surface area contributed by atoms with Gasteiger partial charge < -0.3 is 19.7 Å². The van der Waals surface area contributed by atoms with Gasteiger partial charge in [-0.05, 0) is 56.6 Å². The first kappa shape index (κ1) is 14.7. The summed E-state index contributed by atoms with van der Waals surface area (Å²) in [7, 11) is 2.04. The van der Waals surface area contributed by atoms with Crippen molar-refractivity contribution in [3.05, 3.63) is 23.8 Å². The molecular formula is C17H26N2O2. The number of nitrogens with zero attached hydrogens (tertiary/aromatic N) is 1. The molecule has 3 rings (SSSR count). The number of hydrogen-bond acceptors (Lipinski definition) is 4. The SMILES string of the molecule is CNC(CN1CCC(C)CC1)c1ccc2c(c1)OCCO2. The third-order valence-corrected chi connectivity index (χ3v) is 4.63. The molecule has 4 heteroatoms. The molecule has 1 unspecified atom stereocenters. The van der Waals surface area contributed by atoms with E-state index in [1.54, 1.807) is 0 Å². The minimum atomic E-state index is 0.342. The summed E-state index contributed by atoms with van der Waals surface area (Å²) in [5, 5.41) is 3.45. The summed E-state index contributed by atoms with van der Waals surface area (Å²) in [6.07, 6.45) is 2.63. The van der Waals surface area contributed by atoms with Crippen LogP contribution in [0.4, 0.5) is 0 Å². The zero-order valence-corrected chi connectivity index (χ0v) is 13.1. The van der Waals surface area contributed by atoms with E-state index in [-0.39, 0.29) is 0 Å². The van der Waals surface area contributed by atoms with Crippen molar-refractivity contribution in [3.63, 3.8) is 0 Å². The summed E-state index contributed by atoms with van der Waals surface area (Å²) < 4.78 is 11.3. The molecule has 0 aliphatic carbocycles. The highest BCUT2D eigenvalue weighted by Crippen LogP contribution is 2.33. The zero-order chi connectivity index (χ0) is 14.7. The van der Waals surface area contributed by atoms with Gasteiger partial charge in [0.2, 0.25) is 0 Å². The molecule has 2 aliphatic rings. The number of fused-ring (bicyclic) bond motifs is 1. The summed E-state index contributed by atoms with van der Waals surface area (Å²) in [4.78, 5) is 2.57. The minimum Gasteiger partial charge on any atom is -0.486 e. The first-order valence-corrected chi connectivity index (χ1v) is 8.05. The Morgan fingerprint density at radius 2 is 1.90 bits per heavy atom. The standard InChI is InChI=1S/C17H26N2O2/c1-13-5-7-19(8-6-13)12-15(18-2)14-3-4-16-17(11-14)21-10-9-20-16/h3-4,11,13,15,18H,5-10,12H2,1-2H3. The molecule has 1 fully saturated rings. The van der Waals surface area contributed by atoms with Crippen LogP contribution >= 0.6 is 0 Å². The van der Waals surface area contributed by atoms with Crippen molar-refractivity contribution < 1.29 is 9.47 Å². The quantitative estimate of drug-likeness (QED) is 0.923. The highest BCUT2D eigenvalue weighted by Gasteiger charge is 2.21. The van der Waals surface area contributed by atoms with Crippen LogP contribution in [0.1, 0.15) is 31.4 Å². The smallest absolute Gasteiger partial charge is 0.161 e. The second kappa shape index (κ2) is 6.67. The predicted octanol–water partition coefficient (Wildman–Crippen LogP) is 2.45. The van der Waals surface area contributed by atoms with Crippen molar-refractivity contribution in [3.8, 4) is 11.5 Å². The van der Waals surface area contributed by atoms with Crippen molar-refractivity contribution >= 4 is 0 Å². The van der Waals surface area contributed by atoms with Gasteiger partial charge in [0.15, 0.2) is 11.5 Å². The second-order valence-electron chi connectivity index (χ2n) is 6.23. The van der Waals surface area contributed by atoms with Crippen molar-refractivity contribution in [1.82, 2.24) is 10.2 Å². The normalized spacial score (nSPS) is 21.2. The minimum absolute atomic E-state index is 0.342. The van der Waals surface area contributed by atoms with Crippen molar-refractivity contribution in [2.45, 2.75) is 25.8 Å². The number of rotatable bonds is 4. The van der Waals surface area contributed by atoms with Crippen LogP contribution in [0.3, 0.4) is 0 Å². The Bertz CT molecular complexity index is 470. The van der Waals surface area contributed by atoms with E-state index < -0.39 is 0 Å². The molecule has 0 aromatic heterocycles. The summed E-state index contributed by atoms with van der Waals surface area (Å²) in [5.41, 5.74) is 1.28. The molecule has 21 heavy (non-hydrogen) atoms. The van der Waals surface area contributed by atoms with Crippen LogP contribution in [0.15, 0.2) is 18.2 Å². The lowest BCUT2D eigenvalue weighted by Crippen LogP contribution is -2.39. The van der Waals surface area contributed by atoms with Gasteiger partial charge in [0, 0.05) is 12.6 Å². The van der Waals surface area contributed by atoms with Gasteiger partial charge in [0.05, 0.1) is 0 Å². The van der Waals surface area contributed by atoms with Gasteiger partial charge in [0.1, 0.15) is 13.2 Å². The average molecular weight is 290 g/mol. The molecule has 1 aromatic rings. The van der Waals surface area contributed by atoms with Crippen LogP contribution < -0.4 is 14.8 Å². The van der Waals surface area contributed by atoms with E-state index in [1.165, 1.54) is 31.5 Å². The number of piperidine rings is 1.